The van der Waals surface area contributed by atoms with Gasteiger partial charge >= 0.3 is 0 Å². The Kier molecular flexibility index (Phi) is 4.66. The summed E-state index contributed by atoms with van der Waals surface area (Å²) in [4.78, 5) is 26.5. The van der Waals surface area contributed by atoms with Crippen molar-refractivity contribution in [2.45, 2.75) is 32.1 Å². The van der Waals surface area contributed by atoms with Crippen molar-refractivity contribution < 1.29 is 9.59 Å². The third kappa shape index (κ3) is 2.86. The summed E-state index contributed by atoms with van der Waals surface area (Å²) in [6.45, 7) is 4.03. The zero-order valence-corrected chi connectivity index (χ0v) is 17.4. The van der Waals surface area contributed by atoms with Crippen molar-refractivity contribution in [3.05, 3.63) is 94.6 Å². The van der Waals surface area contributed by atoms with Gasteiger partial charge in [-0.1, -0.05) is 84.5 Å². The van der Waals surface area contributed by atoms with E-state index in [0.29, 0.717) is 6.42 Å². The molecule has 0 spiro atoms. The van der Waals surface area contributed by atoms with Crippen molar-refractivity contribution in [2.24, 2.45) is 17.8 Å². The van der Waals surface area contributed by atoms with Gasteiger partial charge < -0.3 is 0 Å². The van der Waals surface area contributed by atoms with Gasteiger partial charge in [0.15, 0.2) is 0 Å². The highest BCUT2D eigenvalue weighted by molar-refractivity contribution is 6.07. The molecule has 0 saturated heterocycles. The smallest absolute Gasteiger partial charge is 0.148 e. The van der Waals surface area contributed by atoms with Crippen molar-refractivity contribution in [3.8, 4) is 0 Å². The van der Waals surface area contributed by atoms with E-state index in [2.05, 4.69) is 42.5 Å². The number of ketones is 2. The third-order valence-corrected chi connectivity index (χ3v) is 6.98. The first-order valence-electron chi connectivity index (χ1n) is 10.9. The molecule has 5 unspecified atom stereocenters. The normalized spacial score (nSPS) is 29.9. The van der Waals surface area contributed by atoms with Crippen LogP contribution < -0.4 is 0 Å². The van der Waals surface area contributed by atoms with Gasteiger partial charge in [-0.3, -0.25) is 9.59 Å². The van der Waals surface area contributed by atoms with Gasteiger partial charge in [-0.2, -0.15) is 0 Å². The summed E-state index contributed by atoms with van der Waals surface area (Å²) < 4.78 is 0. The van der Waals surface area contributed by atoms with Crippen LogP contribution in [-0.4, -0.2) is 11.6 Å². The number of hydrogen-bond acceptors (Lipinski definition) is 2. The number of allylic oxidation sites excluding steroid dienone is 4. The summed E-state index contributed by atoms with van der Waals surface area (Å²) in [7, 11) is 0. The maximum Gasteiger partial charge on any atom is 0.148 e. The molecule has 0 aromatic heterocycles. The van der Waals surface area contributed by atoms with Crippen molar-refractivity contribution >= 4 is 23.7 Å². The molecule has 0 heterocycles. The number of hydrogen-bond donors (Lipinski definition) is 0. The second-order valence-corrected chi connectivity index (χ2v) is 8.61. The minimum Gasteiger partial charge on any atom is -0.299 e. The number of carbonyl (C=O) groups is 2. The maximum atomic E-state index is 13.3. The zero-order valence-electron chi connectivity index (χ0n) is 17.4. The first-order valence-corrected chi connectivity index (χ1v) is 10.9. The third-order valence-electron chi connectivity index (χ3n) is 6.98. The van der Waals surface area contributed by atoms with Crippen LogP contribution in [-0.2, 0) is 9.59 Å². The SMILES string of the molecule is C/C=C/c1ccccc1C1CC(=O)C2C3=CC(C(=O)C32)C1c1ccccc1/C=C/C. The van der Waals surface area contributed by atoms with Crippen LogP contribution in [0.25, 0.3) is 12.2 Å². The highest BCUT2D eigenvalue weighted by Crippen LogP contribution is 2.61. The molecule has 6 rings (SSSR count). The highest BCUT2D eigenvalue weighted by Gasteiger charge is 2.62. The predicted octanol–water partition coefficient (Wildman–Crippen LogP) is 5.96. The Morgan fingerprint density at radius 3 is 2.00 bits per heavy atom. The van der Waals surface area contributed by atoms with E-state index in [1.54, 1.807) is 0 Å². The number of rotatable bonds is 4. The molecule has 2 aromatic rings. The fraction of sp³-hybridized carbons (Fsp3) is 0.286. The van der Waals surface area contributed by atoms with Gasteiger partial charge in [-0.25, -0.2) is 0 Å². The van der Waals surface area contributed by atoms with Crippen LogP contribution in [0, 0.1) is 17.8 Å². The molecule has 2 heteroatoms. The second-order valence-electron chi connectivity index (χ2n) is 8.61. The lowest BCUT2D eigenvalue weighted by Gasteiger charge is -2.35. The minimum atomic E-state index is -0.149. The summed E-state index contributed by atoms with van der Waals surface area (Å²) in [6, 6.07) is 16.7. The van der Waals surface area contributed by atoms with Crippen LogP contribution in [0.15, 0.2) is 72.3 Å². The van der Waals surface area contributed by atoms with E-state index in [-0.39, 0.29) is 41.2 Å². The van der Waals surface area contributed by atoms with Crippen molar-refractivity contribution in [1.29, 1.82) is 0 Å². The Morgan fingerprint density at radius 1 is 0.800 bits per heavy atom. The topological polar surface area (TPSA) is 34.1 Å². The van der Waals surface area contributed by atoms with Crippen LogP contribution in [0.3, 0.4) is 0 Å². The lowest BCUT2D eigenvalue weighted by atomic mass is 9.66. The van der Waals surface area contributed by atoms with E-state index in [9.17, 15) is 9.59 Å². The lowest BCUT2D eigenvalue weighted by Crippen LogP contribution is -2.32. The molecule has 0 amide bonds. The van der Waals surface area contributed by atoms with Gasteiger partial charge in [-0.15, -0.1) is 0 Å². The second kappa shape index (κ2) is 7.36. The van der Waals surface area contributed by atoms with E-state index in [4.69, 9.17) is 0 Å². The standard InChI is InChI=1S/C28H26O2/c1-3-9-17-11-5-7-13-19(17)21-16-24(29)26-22-15-23(28(30)27(22)26)25(21)20-14-8-6-12-18(20)10-4-2/h3-15,21,23,25-27H,16H2,1-2H3/b9-3+,10-4+. The molecule has 2 saturated carbocycles. The van der Waals surface area contributed by atoms with Crippen LogP contribution in [0.2, 0.25) is 0 Å². The Labute approximate surface area is 178 Å². The van der Waals surface area contributed by atoms with E-state index in [1.807, 2.05) is 50.3 Å². The van der Waals surface area contributed by atoms with E-state index in [1.165, 1.54) is 5.56 Å². The molecular formula is C28H26O2. The number of carbonyl (C=O) groups excluding carboxylic acids is 2. The number of Topliss-reactive ketones (excluding diaryl/α,β-unsaturated/α-hetero) is 2. The molecule has 2 aromatic carbocycles. The molecule has 0 aliphatic heterocycles. The maximum absolute atomic E-state index is 13.3. The fourth-order valence-electron chi connectivity index (χ4n) is 5.73. The fourth-order valence-corrected chi connectivity index (χ4v) is 5.73. The summed E-state index contributed by atoms with van der Waals surface area (Å²) in [6.07, 6.45) is 10.9. The largest absolute Gasteiger partial charge is 0.299 e. The van der Waals surface area contributed by atoms with Gasteiger partial charge in [0.2, 0.25) is 0 Å². The van der Waals surface area contributed by atoms with Crippen LogP contribution in [0.4, 0.5) is 0 Å². The number of fused-ring (bicyclic) bond motifs is 3. The molecular weight excluding hydrogens is 368 g/mol. The van der Waals surface area contributed by atoms with Crippen LogP contribution >= 0.6 is 0 Å². The summed E-state index contributed by atoms with van der Waals surface area (Å²) >= 11 is 0. The zero-order chi connectivity index (χ0) is 20.8. The molecule has 5 atom stereocenters. The van der Waals surface area contributed by atoms with Crippen molar-refractivity contribution in [2.75, 3.05) is 0 Å². The number of benzene rings is 2. The Hall–Kier alpha value is -3.00. The van der Waals surface area contributed by atoms with Gasteiger partial charge in [0, 0.05) is 18.3 Å². The molecule has 30 heavy (non-hydrogen) atoms. The minimum absolute atomic E-state index is 0.0235. The lowest BCUT2D eigenvalue weighted by molar-refractivity contribution is -0.128. The summed E-state index contributed by atoms with van der Waals surface area (Å²) in [5.41, 5.74) is 5.69. The molecule has 2 fully saturated rings. The quantitative estimate of drug-likeness (QED) is 0.599. The summed E-state index contributed by atoms with van der Waals surface area (Å²) in [5.74, 6) is -0.0126. The highest BCUT2D eigenvalue weighted by atomic mass is 16.1. The Bertz CT molecular complexity index is 1120. The van der Waals surface area contributed by atoms with Crippen molar-refractivity contribution in [1.82, 2.24) is 0 Å². The van der Waals surface area contributed by atoms with E-state index >= 15 is 0 Å². The molecule has 2 nitrogen and oxygen atoms in total. The first kappa shape index (κ1) is 19.0. The van der Waals surface area contributed by atoms with Gasteiger partial charge in [0.25, 0.3) is 0 Å². The molecule has 0 radical (unpaired) electrons. The van der Waals surface area contributed by atoms with Gasteiger partial charge in [-0.05, 0) is 42.0 Å². The first-order chi connectivity index (χ1) is 14.7. The van der Waals surface area contributed by atoms with E-state index in [0.717, 1.165) is 22.3 Å². The summed E-state index contributed by atoms with van der Waals surface area (Å²) in [5, 5.41) is 0. The van der Waals surface area contributed by atoms with E-state index < -0.39 is 0 Å². The molecule has 0 N–H and O–H groups in total. The molecule has 4 aliphatic rings. The average molecular weight is 395 g/mol. The molecule has 150 valence electrons. The Morgan fingerprint density at radius 2 is 1.40 bits per heavy atom. The van der Waals surface area contributed by atoms with Crippen LogP contribution in [0.5, 0.6) is 0 Å². The Balaban J connectivity index is 1.73. The average Bonchev–Trinajstić information content (AvgIpc) is 3.36. The predicted molar refractivity (Wildman–Crippen MR) is 121 cm³/mol. The van der Waals surface area contributed by atoms with Gasteiger partial charge in [0.1, 0.15) is 11.6 Å². The van der Waals surface area contributed by atoms with Crippen LogP contribution in [0.1, 0.15) is 54.4 Å². The van der Waals surface area contributed by atoms with Crippen molar-refractivity contribution in [3.63, 3.8) is 0 Å². The molecule has 4 bridgehead atoms. The monoisotopic (exact) mass is 394 g/mol. The van der Waals surface area contributed by atoms with Gasteiger partial charge in [0.05, 0.1) is 11.8 Å². The molecule has 4 aliphatic carbocycles.